The predicted octanol–water partition coefficient (Wildman–Crippen LogP) is 7.50. The van der Waals surface area contributed by atoms with Crippen molar-refractivity contribution < 1.29 is 27.7 Å². The number of rotatable bonds is 15. The minimum absolute atomic E-state index is 0.0248. The molecule has 0 radical (unpaired) electrons. The van der Waals surface area contributed by atoms with Crippen molar-refractivity contribution in [3.63, 3.8) is 0 Å². The molecule has 1 amide bonds. The first-order chi connectivity index (χ1) is 19.5. The third-order valence-electron chi connectivity index (χ3n) is 5.31. The summed E-state index contributed by atoms with van der Waals surface area (Å²) in [4.78, 5) is 16.8. The van der Waals surface area contributed by atoms with Crippen molar-refractivity contribution in [3.05, 3.63) is 51.8 Å². The lowest BCUT2D eigenvalue weighted by Gasteiger charge is -2.23. The maximum absolute atomic E-state index is 13.8. The largest absolute Gasteiger partial charge is 0.530 e. The van der Waals surface area contributed by atoms with Gasteiger partial charge in [0.15, 0.2) is 5.11 Å². The molecule has 11 nitrogen and oxygen atoms in total. The topological polar surface area (TPSA) is 146 Å². The molecule has 0 saturated carbocycles. The number of phosphoric ester groups is 1. The summed E-state index contributed by atoms with van der Waals surface area (Å²) in [7, 11) is -7.05. The van der Waals surface area contributed by atoms with Crippen molar-refractivity contribution in [2.24, 2.45) is 10.8 Å². The summed E-state index contributed by atoms with van der Waals surface area (Å²) in [5, 5.41) is 6.76. The normalized spacial score (nSPS) is 12.3. The summed E-state index contributed by atoms with van der Waals surface area (Å²) in [6.45, 7) is 13.2. The Kier molecular flexibility index (Phi) is 13.9. The average molecular weight is 695 g/mol. The van der Waals surface area contributed by atoms with Gasteiger partial charge in [-0.3, -0.25) is 24.8 Å². The van der Waals surface area contributed by atoms with Crippen LogP contribution in [0, 0.1) is 0 Å². The van der Waals surface area contributed by atoms with E-state index >= 15 is 0 Å². The Morgan fingerprint density at radius 2 is 1.69 bits per heavy atom. The smallest absolute Gasteiger partial charge is 0.444 e. The first-order valence-corrected chi connectivity index (χ1v) is 23.0. The molecular weight excluding hydrogens is 656 g/mol. The fourth-order valence-electron chi connectivity index (χ4n) is 2.98. The molecule has 17 heteroatoms. The molecule has 42 heavy (non-hydrogen) atoms. The number of nitrogens with two attached hydrogens (primary N) is 1. The van der Waals surface area contributed by atoms with Gasteiger partial charge in [0.1, 0.15) is 18.1 Å². The molecule has 2 aromatic rings. The van der Waals surface area contributed by atoms with Crippen LogP contribution in [0.1, 0.15) is 11.3 Å². The summed E-state index contributed by atoms with van der Waals surface area (Å²) < 4.78 is 36.5. The molecule has 1 aromatic carbocycles. The van der Waals surface area contributed by atoms with E-state index in [2.05, 4.69) is 60.1 Å². The quantitative estimate of drug-likeness (QED) is 0.0563. The first-order valence-electron chi connectivity index (χ1n) is 13.0. The Balaban J connectivity index is 2.22. The fraction of sp³-hybridized carbons (Fsp3) is 0.440. The maximum Gasteiger partial charge on any atom is 0.530 e. The number of carbonyl (C=O) groups is 1. The predicted molar refractivity (Wildman–Crippen MR) is 178 cm³/mol. The average Bonchev–Trinajstić information content (AvgIpc) is 2.84. The zero-order valence-electron chi connectivity index (χ0n) is 24.5. The number of pyridine rings is 1. The van der Waals surface area contributed by atoms with E-state index in [1.165, 1.54) is 24.5 Å². The van der Waals surface area contributed by atoms with Crippen molar-refractivity contribution in [1.82, 2.24) is 10.4 Å². The lowest BCUT2D eigenvalue weighted by atomic mass is 10.2. The van der Waals surface area contributed by atoms with Crippen LogP contribution in [0.25, 0.3) is 0 Å². The lowest BCUT2D eigenvalue weighted by molar-refractivity contribution is 0.151. The van der Waals surface area contributed by atoms with Gasteiger partial charge in [-0.25, -0.2) is 9.36 Å². The Bertz CT molecular complexity index is 1300. The number of nitrogens with zero attached hydrogens (tertiary/aromatic N) is 2. The monoisotopic (exact) mass is 693 g/mol. The number of amides is 1. The van der Waals surface area contributed by atoms with E-state index in [1.54, 1.807) is 12.1 Å². The minimum Gasteiger partial charge on any atom is -0.444 e. The highest BCUT2D eigenvalue weighted by atomic mass is 35.5. The number of halogens is 2. The summed E-state index contributed by atoms with van der Waals surface area (Å²) in [6, 6.07) is 7.60. The third-order valence-corrected chi connectivity index (χ3v) is 11.0. The number of hydrogen-bond donors (Lipinski definition) is 3. The van der Waals surface area contributed by atoms with Crippen LogP contribution in [0.3, 0.4) is 0 Å². The number of thiocarbonyl (C=S) groups is 1. The lowest BCUT2D eigenvalue weighted by Crippen LogP contribution is -2.24. The third kappa shape index (κ3) is 14.0. The van der Waals surface area contributed by atoms with Gasteiger partial charge in [0, 0.05) is 34.0 Å². The number of nitrogens with one attached hydrogen (secondary N) is 2. The molecule has 0 unspecified atom stereocenters. The van der Waals surface area contributed by atoms with E-state index in [0.717, 1.165) is 12.1 Å². The van der Waals surface area contributed by atoms with Crippen LogP contribution in [0.5, 0.6) is 5.75 Å². The van der Waals surface area contributed by atoms with Gasteiger partial charge < -0.3 is 15.0 Å². The number of hydrazone groups is 1. The number of carbonyl (C=O) groups excluding carboxylic acids is 1. The number of aromatic nitrogens is 1. The molecule has 2 rings (SSSR count). The van der Waals surface area contributed by atoms with Gasteiger partial charge in [-0.05, 0) is 42.5 Å². The van der Waals surface area contributed by atoms with Crippen LogP contribution in [0.4, 0.5) is 10.5 Å². The zero-order valence-corrected chi connectivity index (χ0v) is 29.8. The van der Waals surface area contributed by atoms with Crippen molar-refractivity contribution in [3.8, 4) is 5.75 Å². The fourth-order valence-corrected chi connectivity index (χ4v) is 6.36. The van der Waals surface area contributed by atoms with Crippen molar-refractivity contribution in [2.45, 2.75) is 58.0 Å². The molecule has 0 aliphatic rings. The zero-order chi connectivity index (χ0) is 31.6. The summed E-state index contributed by atoms with van der Waals surface area (Å²) >= 11 is 17.2. The second-order valence-corrected chi connectivity index (χ2v) is 25.7. The second-order valence-electron chi connectivity index (χ2n) is 11.6. The molecule has 232 valence electrons. The van der Waals surface area contributed by atoms with Crippen LogP contribution in [0.2, 0.25) is 61.4 Å². The van der Waals surface area contributed by atoms with Crippen LogP contribution < -0.4 is 21.0 Å². The van der Waals surface area contributed by atoms with Crippen LogP contribution in [-0.2, 0) is 25.0 Å². The van der Waals surface area contributed by atoms with Crippen molar-refractivity contribution >= 4 is 82.5 Å². The second kappa shape index (κ2) is 16.2. The summed E-state index contributed by atoms with van der Waals surface area (Å²) in [6.07, 6.45) is 2.05. The van der Waals surface area contributed by atoms with E-state index in [-0.39, 0.29) is 40.7 Å². The van der Waals surface area contributed by atoms with Gasteiger partial charge in [0.05, 0.1) is 35.2 Å². The van der Waals surface area contributed by atoms with Crippen LogP contribution >= 0.6 is 43.2 Å². The molecule has 0 atom stereocenters. The van der Waals surface area contributed by atoms with E-state index in [0.29, 0.717) is 16.9 Å². The summed E-state index contributed by atoms with van der Waals surface area (Å²) in [5.41, 5.74) is 8.72. The number of benzene rings is 1. The van der Waals surface area contributed by atoms with E-state index in [9.17, 15) is 9.36 Å². The van der Waals surface area contributed by atoms with Crippen LogP contribution in [0.15, 0.2) is 35.6 Å². The Hall–Kier alpha value is -2.04. The minimum atomic E-state index is -4.06. The van der Waals surface area contributed by atoms with Crippen molar-refractivity contribution in [2.75, 3.05) is 18.5 Å². The van der Waals surface area contributed by atoms with Gasteiger partial charge >= 0.3 is 13.9 Å². The highest BCUT2D eigenvalue weighted by Gasteiger charge is 2.32. The molecule has 0 aliphatic heterocycles. The van der Waals surface area contributed by atoms with Gasteiger partial charge in [-0.15, -0.1) is 0 Å². The molecule has 0 bridgehead atoms. The maximum atomic E-state index is 13.8. The molecular formula is C25H38Cl2N5O6PSSi2. The van der Waals surface area contributed by atoms with E-state index in [4.69, 9.17) is 59.5 Å². The standard InChI is InChI=1S/C25H38Cl2N5O6PSSi2/c1-41(2,3)12-10-36-39(34,37-11-13-42(4,5)6)38-23-15-20(27)19(26)14-18(23)17-35-25(33)31-21-8-7-9-29-22(21)16-30-32-24(28)40/h7-9,14-16H,10-13,17H2,1-6H3,(H,31,33)(H3,28,32,40)/b30-16+. The van der Waals surface area contributed by atoms with Gasteiger partial charge in [0.25, 0.3) is 0 Å². The molecule has 0 fully saturated rings. The van der Waals surface area contributed by atoms with Crippen molar-refractivity contribution in [1.29, 1.82) is 0 Å². The van der Waals surface area contributed by atoms with Gasteiger partial charge in [-0.2, -0.15) is 5.10 Å². The Morgan fingerprint density at radius 3 is 2.26 bits per heavy atom. The molecule has 1 aromatic heterocycles. The van der Waals surface area contributed by atoms with Gasteiger partial charge in [0.2, 0.25) is 0 Å². The highest BCUT2D eigenvalue weighted by Crippen LogP contribution is 2.51. The molecule has 0 saturated heterocycles. The van der Waals surface area contributed by atoms with E-state index in [1.807, 2.05) is 0 Å². The molecule has 0 aliphatic carbocycles. The highest BCUT2D eigenvalue weighted by molar-refractivity contribution is 7.80. The number of anilines is 1. The van der Waals surface area contributed by atoms with Gasteiger partial charge in [-0.1, -0.05) is 62.5 Å². The molecule has 0 spiro atoms. The molecule has 1 heterocycles. The number of ether oxygens (including phenoxy) is 1. The molecule has 4 N–H and O–H groups in total. The Labute approximate surface area is 264 Å². The number of hydrogen-bond acceptors (Lipinski definition) is 9. The van der Waals surface area contributed by atoms with E-state index < -0.39 is 30.1 Å². The SMILES string of the molecule is C[Si](C)(C)CCOP(=O)(OCC[Si](C)(C)C)Oc1cc(Cl)c(Cl)cc1COC(=O)Nc1cccnc1/C=N/NC(N)=S. The Morgan fingerprint density at radius 1 is 1.10 bits per heavy atom. The number of phosphoric acid groups is 1. The first kappa shape index (κ1) is 36.2. The summed E-state index contributed by atoms with van der Waals surface area (Å²) in [5.74, 6) is 0.0552. The van der Waals surface area contributed by atoms with Crippen LogP contribution in [-0.4, -0.2) is 51.8 Å².